The third-order valence-electron chi connectivity index (χ3n) is 4.33. The summed E-state index contributed by atoms with van der Waals surface area (Å²) >= 11 is 0. The third kappa shape index (κ3) is 2.51. The van der Waals surface area contributed by atoms with Crippen molar-refractivity contribution < 1.29 is 4.21 Å². The second-order valence-electron chi connectivity index (χ2n) is 5.92. The summed E-state index contributed by atoms with van der Waals surface area (Å²) in [5, 5.41) is 0.714. The van der Waals surface area contributed by atoms with Crippen molar-refractivity contribution in [3.8, 4) is 0 Å². The van der Waals surface area contributed by atoms with Gasteiger partial charge in [0.15, 0.2) is 0 Å². The number of rotatable bonds is 2. The lowest BCUT2D eigenvalue weighted by Gasteiger charge is -2.38. The first-order valence-electron chi connectivity index (χ1n) is 6.74. The maximum Gasteiger partial charge on any atom is 0.0527 e. The van der Waals surface area contributed by atoms with E-state index in [2.05, 4.69) is 13.8 Å². The van der Waals surface area contributed by atoms with E-state index in [1.54, 1.807) is 0 Å². The van der Waals surface area contributed by atoms with Crippen LogP contribution in [0, 0.1) is 11.8 Å². The fraction of sp³-hybridized carbons (Fsp3) is 1.00. The molecule has 94 valence electrons. The van der Waals surface area contributed by atoms with Crippen LogP contribution < -0.4 is 5.73 Å². The molecule has 2 fully saturated rings. The van der Waals surface area contributed by atoms with Gasteiger partial charge in [-0.25, -0.2) is 0 Å². The quantitative estimate of drug-likeness (QED) is 0.809. The molecule has 2 aliphatic rings. The van der Waals surface area contributed by atoms with Crippen LogP contribution in [0.2, 0.25) is 0 Å². The lowest BCUT2D eigenvalue weighted by molar-refractivity contribution is 0.275. The van der Waals surface area contributed by atoms with Gasteiger partial charge >= 0.3 is 0 Å². The van der Waals surface area contributed by atoms with Crippen LogP contribution in [0.1, 0.15) is 52.4 Å². The van der Waals surface area contributed by atoms with Gasteiger partial charge in [0.05, 0.1) is 5.25 Å². The van der Waals surface area contributed by atoms with Gasteiger partial charge in [0.1, 0.15) is 0 Å². The van der Waals surface area contributed by atoms with Crippen LogP contribution in [0.3, 0.4) is 0 Å². The normalized spacial score (nSPS) is 43.4. The first-order valence-corrected chi connectivity index (χ1v) is 8.02. The Hall–Kier alpha value is 0.110. The van der Waals surface area contributed by atoms with E-state index in [0.29, 0.717) is 17.1 Å². The maximum absolute atomic E-state index is 12.6. The van der Waals surface area contributed by atoms with Crippen molar-refractivity contribution >= 4 is 10.8 Å². The average Bonchev–Trinajstić information content (AvgIpc) is 2.67. The monoisotopic (exact) mass is 243 g/mol. The average molecular weight is 243 g/mol. The Bertz CT molecular complexity index is 251. The summed E-state index contributed by atoms with van der Waals surface area (Å²) in [6.45, 7) is 4.51. The zero-order chi connectivity index (χ0) is 11.7. The minimum atomic E-state index is -0.682. The Labute approximate surface area is 102 Å². The van der Waals surface area contributed by atoms with E-state index in [-0.39, 0.29) is 11.3 Å². The molecule has 0 heterocycles. The van der Waals surface area contributed by atoms with Gasteiger partial charge in [-0.1, -0.05) is 26.7 Å². The molecule has 5 atom stereocenters. The van der Waals surface area contributed by atoms with Gasteiger partial charge in [0.2, 0.25) is 0 Å². The molecular formula is C13H25NOS. The van der Waals surface area contributed by atoms with Gasteiger partial charge in [-0.15, -0.1) is 0 Å². The zero-order valence-electron chi connectivity index (χ0n) is 10.5. The Morgan fingerprint density at radius 3 is 2.31 bits per heavy atom. The zero-order valence-corrected chi connectivity index (χ0v) is 11.3. The van der Waals surface area contributed by atoms with E-state index in [1.165, 1.54) is 19.3 Å². The highest BCUT2D eigenvalue weighted by atomic mass is 32.2. The van der Waals surface area contributed by atoms with Crippen molar-refractivity contribution in [1.82, 2.24) is 0 Å². The van der Waals surface area contributed by atoms with Crippen LogP contribution in [0.25, 0.3) is 0 Å². The molecule has 0 aromatic heterocycles. The third-order valence-corrected chi connectivity index (χ3v) is 6.81. The molecule has 0 amide bonds. The summed E-state index contributed by atoms with van der Waals surface area (Å²) in [4.78, 5) is 0. The van der Waals surface area contributed by atoms with Crippen molar-refractivity contribution in [2.45, 2.75) is 68.9 Å². The molecule has 2 rings (SSSR count). The molecule has 2 aliphatic carbocycles. The number of nitrogens with two attached hydrogens (primary N) is 1. The summed E-state index contributed by atoms with van der Waals surface area (Å²) in [5.74, 6) is 1.25. The predicted octanol–water partition coefficient (Wildman–Crippen LogP) is 2.44. The molecule has 2 N–H and O–H groups in total. The number of hydrogen-bond donors (Lipinski definition) is 1. The topological polar surface area (TPSA) is 43.1 Å². The first kappa shape index (κ1) is 12.6. The van der Waals surface area contributed by atoms with Crippen molar-refractivity contribution in [2.24, 2.45) is 17.6 Å². The SMILES string of the molecule is CC1CC(C)C(S(=O)C2CCCC2)C(N)C1. The summed E-state index contributed by atoms with van der Waals surface area (Å²) < 4.78 is 12.6. The molecule has 0 spiro atoms. The van der Waals surface area contributed by atoms with Gasteiger partial charge in [-0.05, 0) is 37.5 Å². The van der Waals surface area contributed by atoms with Crippen LogP contribution in [0.4, 0.5) is 0 Å². The van der Waals surface area contributed by atoms with Crippen LogP contribution in [-0.4, -0.2) is 20.8 Å². The smallest absolute Gasteiger partial charge is 0.0527 e. The minimum absolute atomic E-state index is 0.167. The van der Waals surface area contributed by atoms with E-state index in [1.807, 2.05) is 0 Å². The molecule has 5 unspecified atom stereocenters. The van der Waals surface area contributed by atoms with Gasteiger partial charge in [0.25, 0.3) is 0 Å². The molecule has 3 heteroatoms. The fourth-order valence-corrected chi connectivity index (χ4v) is 5.90. The highest BCUT2D eigenvalue weighted by Crippen LogP contribution is 2.35. The Kier molecular flexibility index (Phi) is 4.06. The molecule has 0 aromatic carbocycles. The van der Waals surface area contributed by atoms with E-state index >= 15 is 0 Å². The Morgan fingerprint density at radius 1 is 1.12 bits per heavy atom. The van der Waals surface area contributed by atoms with Crippen molar-refractivity contribution in [1.29, 1.82) is 0 Å². The molecule has 0 aromatic rings. The van der Waals surface area contributed by atoms with Crippen LogP contribution >= 0.6 is 0 Å². The Balaban J connectivity index is 2.03. The molecule has 0 saturated heterocycles. The summed E-state index contributed by atoms with van der Waals surface area (Å²) in [5.41, 5.74) is 6.24. The van der Waals surface area contributed by atoms with Gasteiger partial charge in [-0.2, -0.15) is 0 Å². The van der Waals surface area contributed by atoms with Crippen LogP contribution in [0.15, 0.2) is 0 Å². The summed E-state index contributed by atoms with van der Waals surface area (Å²) in [7, 11) is -0.682. The molecular weight excluding hydrogens is 218 g/mol. The van der Waals surface area contributed by atoms with Crippen LogP contribution in [0.5, 0.6) is 0 Å². The highest BCUT2D eigenvalue weighted by Gasteiger charge is 2.39. The molecule has 2 saturated carbocycles. The van der Waals surface area contributed by atoms with E-state index in [0.717, 1.165) is 19.3 Å². The standard InChI is InChI=1S/C13H25NOS/c1-9-7-10(2)13(12(14)8-9)16(15)11-5-3-4-6-11/h9-13H,3-8,14H2,1-2H3. The van der Waals surface area contributed by atoms with Gasteiger partial charge < -0.3 is 5.73 Å². The van der Waals surface area contributed by atoms with E-state index < -0.39 is 10.8 Å². The summed E-state index contributed by atoms with van der Waals surface area (Å²) in [6.07, 6.45) is 7.13. The molecule has 0 aliphatic heterocycles. The second-order valence-corrected chi connectivity index (χ2v) is 7.79. The molecule has 2 nitrogen and oxygen atoms in total. The van der Waals surface area contributed by atoms with Crippen LogP contribution in [-0.2, 0) is 10.8 Å². The number of hydrogen-bond acceptors (Lipinski definition) is 2. The highest BCUT2D eigenvalue weighted by molar-refractivity contribution is 7.86. The van der Waals surface area contributed by atoms with E-state index in [9.17, 15) is 4.21 Å². The minimum Gasteiger partial charge on any atom is -0.327 e. The Morgan fingerprint density at radius 2 is 1.75 bits per heavy atom. The van der Waals surface area contributed by atoms with Gasteiger partial charge in [-0.3, -0.25) is 4.21 Å². The first-order chi connectivity index (χ1) is 7.59. The van der Waals surface area contributed by atoms with Gasteiger partial charge in [0, 0.05) is 22.1 Å². The molecule has 16 heavy (non-hydrogen) atoms. The molecule has 0 radical (unpaired) electrons. The fourth-order valence-electron chi connectivity index (χ4n) is 3.63. The lowest BCUT2D eigenvalue weighted by Crippen LogP contribution is -2.49. The summed E-state index contributed by atoms with van der Waals surface area (Å²) in [6, 6.07) is 0.167. The predicted molar refractivity (Wildman–Crippen MR) is 69.7 cm³/mol. The van der Waals surface area contributed by atoms with Crippen molar-refractivity contribution in [2.75, 3.05) is 0 Å². The lowest BCUT2D eigenvalue weighted by atomic mass is 9.80. The molecule has 0 bridgehead atoms. The largest absolute Gasteiger partial charge is 0.327 e. The van der Waals surface area contributed by atoms with Crippen molar-refractivity contribution in [3.63, 3.8) is 0 Å². The maximum atomic E-state index is 12.6. The van der Waals surface area contributed by atoms with Crippen molar-refractivity contribution in [3.05, 3.63) is 0 Å². The van der Waals surface area contributed by atoms with E-state index in [4.69, 9.17) is 5.73 Å². The second kappa shape index (κ2) is 5.18.